The van der Waals surface area contributed by atoms with Crippen molar-refractivity contribution in [3.63, 3.8) is 0 Å². The number of nitriles is 1. The molecule has 10 nitrogen and oxygen atoms in total. The second kappa shape index (κ2) is 9.56. The van der Waals surface area contributed by atoms with E-state index >= 15 is 0 Å². The molecule has 1 heterocycles. The molecule has 1 unspecified atom stereocenters. The van der Waals surface area contributed by atoms with Crippen LogP contribution in [0.4, 0.5) is 5.69 Å². The van der Waals surface area contributed by atoms with Crippen LogP contribution in [0.1, 0.15) is 30.7 Å². The monoisotopic (exact) mass is 510 g/mol. The third kappa shape index (κ3) is 4.14. The van der Waals surface area contributed by atoms with Crippen molar-refractivity contribution < 1.29 is 27.4 Å². The number of ketones is 1. The van der Waals surface area contributed by atoms with Crippen molar-refractivity contribution in [1.82, 2.24) is 0 Å². The Morgan fingerprint density at radius 3 is 2.17 bits per heavy atom. The second-order valence-electron chi connectivity index (χ2n) is 8.30. The standard InChI is InChI=1S/C25H26N4O6S/c1-33-20-12-22(35-3)21(34-2)11-16(20)23-17(13-26)25(27)29(18-5-4-6-19(30)24(18)23)14-7-9-15(10-8-14)36(28,31)32/h7-12,23H,4-6,27H2,1-3H3,(H2,28,31,32). The van der Waals surface area contributed by atoms with E-state index in [1.807, 2.05) is 0 Å². The quantitative estimate of drug-likeness (QED) is 0.596. The molecule has 2 aromatic rings. The fourth-order valence-electron chi connectivity index (χ4n) is 4.76. The smallest absolute Gasteiger partial charge is 0.238 e. The van der Waals surface area contributed by atoms with Crippen LogP contribution in [0.15, 0.2) is 64.0 Å². The lowest BCUT2D eigenvalue weighted by Crippen LogP contribution is -2.38. The number of methoxy groups -OCH3 is 3. The van der Waals surface area contributed by atoms with Crippen molar-refractivity contribution in [3.05, 3.63) is 64.6 Å². The number of carbonyl (C=O) groups is 1. The van der Waals surface area contributed by atoms with Gasteiger partial charge in [-0.25, -0.2) is 13.6 Å². The van der Waals surface area contributed by atoms with Crippen LogP contribution >= 0.6 is 0 Å². The van der Waals surface area contributed by atoms with Crippen molar-refractivity contribution in [2.75, 3.05) is 26.2 Å². The van der Waals surface area contributed by atoms with Crippen molar-refractivity contribution >= 4 is 21.5 Å². The largest absolute Gasteiger partial charge is 0.496 e. The average molecular weight is 511 g/mol. The Morgan fingerprint density at radius 2 is 1.61 bits per heavy atom. The minimum atomic E-state index is -3.89. The van der Waals surface area contributed by atoms with Crippen LogP contribution < -0.4 is 30.0 Å². The molecule has 0 radical (unpaired) electrons. The summed E-state index contributed by atoms with van der Waals surface area (Å²) in [6, 6.07) is 11.3. The van der Waals surface area contributed by atoms with Gasteiger partial charge in [0.1, 0.15) is 11.6 Å². The number of anilines is 1. The average Bonchev–Trinajstić information content (AvgIpc) is 2.87. The molecule has 0 bridgehead atoms. The molecule has 36 heavy (non-hydrogen) atoms. The van der Waals surface area contributed by atoms with Crippen LogP contribution in [0.5, 0.6) is 17.2 Å². The number of ether oxygens (including phenoxy) is 3. The summed E-state index contributed by atoms with van der Waals surface area (Å²) >= 11 is 0. The number of hydrogen-bond acceptors (Lipinski definition) is 9. The number of primary sulfonamides is 1. The van der Waals surface area contributed by atoms with Crippen LogP contribution in [0.3, 0.4) is 0 Å². The number of nitrogens with zero attached hydrogens (tertiary/aromatic N) is 2. The summed E-state index contributed by atoms with van der Waals surface area (Å²) in [4.78, 5) is 14.9. The number of benzene rings is 2. The maximum absolute atomic E-state index is 13.4. The van der Waals surface area contributed by atoms with Gasteiger partial charge < -0.3 is 19.9 Å². The number of carbonyl (C=O) groups excluding carboxylic acids is 1. The summed E-state index contributed by atoms with van der Waals surface area (Å²) < 4.78 is 39.9. The van der Waals surface area contributed by atoms with Crippen molar-refractivity contribution in [2.45, 2.75) is 30.1 Å². The SMILES string of the molecule is COc1cc(OC)c(C2C(C#N)=C(N)N(c3ccc(S(N)(=O)=O)cc3)C3=C2C(=O)CCC3)cc1OC. The van der Waals surface area contributed by atoms with Gasteiger partial charge in [-0.3, -0.25) is 9.69 Å². The summed E-state index contributed by atoms with van der Waals surface area (Å²) in [7, 11) is 0.592. The lowest BCUT2D eigenvalue weighted by molar-refractivity contribution is -0.116. The molecular weight excluding hydrogens is 484 g/mol. The predicted molar refractivity (Wildman–Crippen MR) is 132 cm³/mol. The number of allylic oxidation sites excluding steroid dienone is 3. The molecule has 2 aliphatic rings. The number of nitrogens with two attached hydrogens (primary N) is 2. The van der Waals surface area contributed by atoms with Gasteiger partial charge in [0.2, 0.25) is 10.0 Å². The topological polar surface area (TPSA) is 158 Å². The van der Waals surface area contributed by atoms with E-state index in [9.17, 15) is 18.5 Å². The van der Waals surface area contributed by atoms with Gasteiger partial charge in [0.15, 0.2) is 17.3 Å². The first-order valence-corrected chi connectivity index (χ1v) is 12.6. The molecule has 1 aliphatic carbocycles. The van der Waals surface area contributed by atoms with Crippen LogP contribution in [-0.4, -0.2) is 35.5 Å². The number of rotatable bonds is 6. The highest BCUT2D eigenvalue weighted by molar-refractivity contribution is 7.89. The lowest BCUT2D eigenvalue weighted by Gasteiger charge is -2.40. The third-order valence-corrected chi connectivity index (χ3v) is 7.31. The molecule has 0 saturated heterocycles. The Morgan fingerprint density at radius 1 is 1.00 bits per heavy atom. The van der Waals surface area contributed by atoms with Gasteiger partial charge in [-0.05, 0) is 43.2 Å². The van der Waals surface area contributed by atoms with E-state index in [4.69, 9.17) is 25.1 Å². The molecule has 0 amide bonds. The molecule has 4 rings (SSSR count). The van der Waals surface area contributed by atoms with Gasteiger partial charge in [0.05, 0.1) is 43.8 Å². The highest BCUT2D eigenvalue weighted by Crippen LogP contribution is 2.50. The fourth-order valence-corrected chi connectivity index (χ4v) is 5.27. The lowest BCUT2D eigenvalue weighted by atomic mass is 9.75. The Bertz CT molecular complexity index is 1440. The zero-order chi connectivity index (χ0) is 26.2. The van der Waals surface area contributed by atoms with Gasteiger partial charge >= 0.3 is 0 Å². The van der Waals surface area contributed by atoms with Gasteiger partial charge in [-0.15, -0.1) is 0 Å². The van der Waals surface area contributed by atoms with Crippen molar-refractivity contribution in [1.29, 1.82) is 5.26 Å². The molecule has 0 saturated carbocycles. The molecule has 4 N–H and O–H groups in total. The number of sulfonamides is 1. The first-order chi connectivity index (χ1) is 17.2. The molecule has 0 aromatic heterocycles. The Kier molecular flexibility index (Phi) is 6.67. The Hall–Kier alpha value is -4.01. The van der Waals surface area contributed by atoms with E-state index in [-0.39, 0.29) is 22.1 Å². The van der Waals surface area contributed by atoms with Gasteiger partial charge in [0.25, 0.3) is 0 Å². The molecule has 0 fully saturated rings. The fraction of sp³-hybridized carbons (Fsp3) is 0.280. The first kappa shape index (κ1) is 25.1. The van der Waals surface area contributed by atoms with Crippen molar-refractivity contribution in [3.8, 4) is 23.3 Å². The summed E-state index contributed by atoms with van der Waals surface area (Å²) in [5, 5.41) is 15.5. The Labute approximate surface area is 209 Å². The van der Waals surface area contributed by atoms with Gasteiger partial charge in [0, 0.05) is 35.0 Å². The molecule has 11 heteroatoms. The van der Waals surface area contributed by atoms with Crippen LogP contribution in [0, 0.1) is 11.3 Å². The van der Waals surface area contributed by atoms with Crippen LogP contribution in [-0.2, 0) is 14.8 Å². The predicted octanol–water partition coefficient (Wildman–Crippen LogP) is 2.66. The highest BCUT2D eigenvalue weighted by atomic mass is 32.2. The van der Waals surface area contributed by atoms with E-state index in [0.717, 1.165) is 0 Å². The van der Waals surface area contributed by atoms with E-state index < -0.39 is 15.9 Å². The zero-order valence-electron chi connectivity index (χ0n) is 20.1. The maximum Gasteiger partial charge on any atom is 0.238 e. The second-order valence-corrected chi connectivity index (χ2v) is 9.87. The molecule has 0 spiro atoms. The highest BCUT2D eigenvalue weighted by Gasteiger charge is 2.41. The molecule has 1 atom stereocenters. The summed E-state index contributed by atoms with van der Waals surface area (Å²) in [6.07, 6.45) is 1.46. The van der Waals surface area contributed by atoms with E-state index in [1.165, 1.54) is 33.5 Å². The molecule has 2 aromatic carbocycles. The maximum atomic E-state index is 13.4. The minimum absolute atomic E-state index is 0.0619. The molecule has 1 aliphatic heterocycles. The molecular formula is C25H26N4O6S. The number of Topliss-reactive ketones (excluding diaryl/α,β-unsaturated/α-hetero) is 1. The third-order valence-electron chi connectivity index (χ3n) is 6.38. The van der Waals surface area contributed by atoms with Crippen LogP contribution in [0.2, 0.25) is 0 Å². The van der Waals surface area contributed by atoms with E-state index in [2.05, 4.69) is 6.07 Å². The summed E-state index contributed by atoms with van der Waals surface area (Å²) in [5.74, 6) is 0.503. The summed E-state index contributed by atoms with van der Waals surface area (Å²) in [5.41, 5.74) is 8.88. The van der Waals surface area contributed by atoms with E-state index in [1.54, 1.807) is 29.2 Å². The van der Waals surface area contributed by atoms with Gasteiger partial charge in [-0.2, -0.15) is 5.26 Å². The van der Waals surface area contributed by atoms with Crippen LogP contribution in [0.25, 0.3) is 0 Å². The Balaban J connectivity index is 1.97. The molecule has 188 valence electrons. The normalized spacial score (nSPS) is 18.0. The van der Waals surface area contributed by atoms with E-state index in [0.29, 0.717) is 59.0 Å². The van der Waals surface area contributed by atoms with Crippen molar-refractivity contribution in [2.24, 2.45) is 10.9 Å². The summed E-state index contributed by atoms with van der Waals surface area (Å²) in [6.45, 7) is 0. The first-order valence-electron chi connectivity index (χ1n) is 11.0. The van der Waals surface area contributed by atoms with Gasteiger partial charge in [-0.1, -0.05) is 0 Å². The zero-order valence-corrected chi connectivity index (χ0v) is 20.9. The minimum Gasteiger partial charge on any atom is -0.496 e. The number of hydrogen-bond donors (Lipinski definition) is 2.